The molecule has 4 nitrogen and oxygen atoms in total. The van der Waals surface area contributed by atoms with Gasteiger partial charge in [0.1, 0.15) is 5.75 Å². The second-order valence-electron chi connectivity index (χ2n) is 5.12. The van der Waals surface area contributed by atoms with Crippen molar-refractivity contribution in [1.29, 1.82) is 0 Å². The van der Waals surface area contributed by atoms with Gasteiger partial charge in [0.05, 0.1) is 6.42 Å². The molecule has 0 aliphatic carbocycles. The lowest BCUT2D eigenvalue weighted by molar-refractivity contribution is -0.133. The summed E-state index contributed by atoms with van der Waals surface area (Å²) in [5, 5.41) is 9.71. The molecule has 0 spiro atoms. The van der Waals surface area contributed by atoms with Gasteiger partial charge < -0.3 is 10.0 Å². The van der Waals surface area contributed by atoms with Crippen molar-refractivity contribution in [3.63, 3.8) is 0 Å². The Morgan fingerprint density at radius 1 is 1.37 bits per heavy atom. The van der Waals surface area contributed by atoms with Crippen molar-refractivity contribution >= 4 is 5.91 Å². The molecule has 104 valence electrons. The van der Waals surface area contributed by atoms with Crippen LogP contribution in [0.2, 0.25) is 0 Å². The number of nitrogens with zero attached hydrogens (tertiary/aromatic N) is 2. The maximum atomic E-state index is 12.3. The fraction of sp³-hybridized carbons (Fsp3) is 0.533. The van der Waals surface area contributed by atoms with E-state index in [-0.39, 0.29) is 18.1 Å². The Balaban J connectivity index is 1.96. The van der Waals surface area contributed by atoms with Gasteiger partial charge in [0, 0.05) is 31.2 Å². The smallest absolute Gasteiger partial charge is 0.227 e. The Morgan fingerprint density at radius 2 is 2.11 bits per heavy atom. The molecule has 0 saturated carbocycles. The molecular weight excluding hydrogens is 240 g/mol. The van der Waals surface area contributed by atoms with Gasteiger partial charge in [-0.1, -0.05) is 25.1 Å². The quantitative estimate of drug-likeness (QED) is 0.897. The van der Waals surface area contributed by atoms with E-state index in [2.05, 4.69) is 18.7 Å². The number of phenolic OH excluding ortho intramolecular Hbond substituents is 1. The van der Waals surface area contributed by atoms with Crippen LogP contribution >= 0.6 is 0 Å². The van der Waals surface area contributed by atoms with Crippen LogP contribution in [0.3, 0.4) is 0 Å². The lowest BCUT2D eigenvalue weighted by atomic mass is 10.1. The van der Waals surface area contributed by atoms with Crippen molar-refractivity contribution < 1.29 is 9.90 Å². The normalized spacial score (nSPS) is 20.5. The van der Waals surface area contributed by atoms with Crippen LogP contribution in [-0.4, -0.2) is 53.0 Å². The summed E-state index contributed by atoms with van der Waals surface area (Å²) in [6.45, 7) is 7.83. The first kappa shape index (κ1) is 13.9. The Hall–Kier alpha value is -1.55. The molecule has 1 aromatic rings. The van der Waals surface area contributed by atoms with Crippen LogP contribution in [0.4, 0.5) is 0 Å². The Labute approximate surface area is 114 Å². The van der Waals surface area contributed by atoms with Crippen LogP contribution in [0.25, 0.3) is 0 Å². The van der Waals surface area contributed by atoms with Gasteiger partial charge in [-0.2, -0.15) is 0 Å². The molecule has 0 bridgehead atoms. The van der Waals surface area contributed by atoms with Gasteiger partial charge in [-0.05, 0) is 19.5 Å². The maximum absolute atomic E-state index is 12.3. The van der Waals surface area contributed by atoms with E-state index < -0.39 is 0 Å². The van der Waals surface area contributed by atoms with Gasteiger partial charge in [-0.3, -0.25) is 9.69 Å². The highest BCUT2D eigenvalue weighted by atomic mass is 16.3. The predicted molar refractivity (Wildman–Crippen MR) is 75.1 cm³/mol. The van der Waals surface area contributed by atoms with Crippen LogP contribution in [0.15, 0.2) is 24.3 Å². The largest absolute Gasteiger partial charge is 0.508 e. The number of carbonyl (C=O) groups is 1. The van der Waals surface area contributed by atoms with E-state index in [0.717, 1.165) is 26.2 Å². The summed E-state index contributed by atoms with van der Waals surface area (Å²) in [5.41, 5.74) is 0.707. The molecule has 1 saturated heterocycles. The third kappa shape index (κ3) is 3.26. The molecule has 0 radical (unpaired) electrons. The van der Waals surface area contributed by atoms with Crippen molar-refractivity contribution in [3.05, 3.63) is 29.8 Å². The summed E-state index contributed by atoms with van der Waals surface area (Å²) in [7, 11) is 0. The molecule has 1 amide bonds. The molecule has 4 heteroatoms. The zero-order valence-electron chi connectivity index (χ0n) is 11.7. The number of amides is 1. The summed E-state index contributed by atoms with van der Waals surface area (Å²) in [4.78, 5) is 16.5. The summed E-state index contributed by atoms with van der Waals surface area (Å²) in [5.74, 6) is 0.306. The number of aromatic hydroxyl groups is 1. The van der Waals surface area contributed by atoms with Gasteiger partial charge in [0.25, 0.3) is 0 Å². The lowest BCUT2D eigenvalue weighted by Gasteiger charge is -2.39. The van der Waals surface area contributed by atoms with Crippen LogP contribution < -0.4 is 0 Å². The molecule has 1 aliphatic rings. The summed E-state index contributed by atoms with van der Waals surface area (Å²) < 4.78 is 0. The SMILES string of the molecule is CCN1CCN(C(=O)Cc2ccccc2O)CC1C. The van der Waals surface area contributed by atoms with E-state index >= 15 is 0 Å². The van der Waals surface area contributed by atoms with Crippen molar-refractivity contribution in [1.82, 2.24) is 9.80 Å². The monoisotopic (exact) mass is 262 g/mol. The van der Waals surface area contributed by atoms with Crippen molar-refractivity contribution in [2.24, 2.45) is 0 Å². The molecule has 2 rings (SSSR count). The molecule has 0 aromatic heterocycles. The first-order chi connectivity index (χ1) is 9.11. The highest BCUT2D eigenvalue weighted by molar-refractivity contribution is 5.79. The molecule has 1 aliphatic heterocycles. The summed E-state index contributed by atoms with van der Waals surface area (Å²) in [6.07, 6.45) is 0.283. The number of rotatable bonds is 3. The van der Waals surface area contributed by atoms with Gasteiger partial charge in [-0.15, -0.1) is 0 Å². The van der Waals surface area contributed by atoms with Gasteiger partial charge in [0.15, 0.2) is 0 Å². The van der Waals surface area contributed by atoms with E-state index in [9.17, 15) is 9.90 Å². The highest BCUT2D eigenvalue weighted by Crippen LogP contribution is 2.18. The fourth-order valence-electron chi connectivity index (χ4n) is 2.63. The van der Waals surface area contributed by atoms with Crippen LogP contribution in [-0.2, 0) is 11.2 Å². The van der Waals surface area contributed by atoms with Gasteiger partial charge in [-0.25, -0.2) is 0 Å². The zero-order chi connectivity index (χ0) is 13.8. The maximum Gasteiger partial charge on any atom is 0.227 e. The number of para-hydroxylation sites is 1. The van der Waals surface area contributed by atoms with Crippen molar-refractivity contribution in [2.45, 2.75) is 26.3 Å². The van der Waals surface area contributed by atoms with Crippen LogP contribution in [0.5, 0.6) is 5.75 Å². The predicted octanol–water partition coefficient (Wildman–Crippen LogP) is 1.49. The molecule has 19 heavy (non-hydrogen) atoms. The number of phenols is 1. The first-order valence-electron chi connectivity index (χ1n) is 6.90. The Kier molecular flexibility index (Phi) is 4.43. The highest BCUT2D eigenvalue weighted by Gasteiger charge is 2.25. The van der Waals surface area contributed by atoms with Gasteiger partial charge >= 0.3 is 0 Å². The van der Waals surface area contributed by atoms with E-state index in [1.165, 1.54) is 0 Å². The van der Waals surface area contributed by atoms with Crippen molar-refractivity contribution in [2.75, 3.05) is 26.2 Å². The number of carbonyl (C=O) groups excluding carboxylic acids is 1. The molecule has 1 heterocycles. The average Bonchev–Trinajstić information content (AvgIpc) is 2.41. The minimum Gasteiger partial charge on any atom is -0.508 e. The average molecular weight is 262 g/mol. The van der Waals surface area contributed by atoms with Crippen LogP contribution in [0.1, 0.15) is 19.4 Å². The van der Waals surface area contributed by atoms with Crippen molar-refractivity contribution in [3.8, 4) is 5.75 Å². The van der Waals surface area contributed by atoms with E-state index in [4.69, 9.17) is 0 Å². The van der Waals surface area contributed by atoms with E-state index in [0.29, 0.717) is 11.6 Å². The zero-order valence-corrected chi connectivity index (χ0v) is 11.7. The molecule has 1 atom stereocenters. The standard InChI is InChI=1S/C15H22N2O2/c1-3-16-8-9-17(11-12(16)2)15(19)10-13-6-4-5-7-14(13)18/h4-7,12,18H,3,8-11H2,1-2H3. The van der Waals surface area contributed by atoms with Gasteiger partial charge in [0.2, 0.25) is 5.91 Å². The lowest BCUT2D eigenvalue weighted by Crippen LogP contribution is -2.53. The number of likely N-dealkylation sites (N-methyl/N-ethyl adjacent to an activating group) is 1. The first-order valence-corrected chi connectivity index (χ1v) is 6.90. The molecule has 1 aromatic carbocycles. The topological polar surface area (TPSA) is 43.8 Å². The fourth-order valence-corrected chi connectivity index (χ4v) is 2.63. The third-order valence-corrected chi connectivity index (χ3v) is 3.86. The molecule has 1 N–H and O–H groups in total. The minimum atomic E-state index is 0.101. The second kappa shape index (κ2) is 6.06. The third-order valence-electron chi connectivity index (χ3n) is 3.86. The van der Waals surface area contributed by atoms with Crippen LogP contribution in [0, 0.1) is 0 Å². The molecule has 1 unspecified atom stereocenters. The number of hydrogen-bond donors (Lipinski definition) is 1. The molecular formula is C15H22N2O2. The minimum absolute atomic E-state index is 0.101. The summed E-state index contributed by atoms with van der Waals surface area (Å²) in [6, 6.07) is 7.46. The second-order valence-corrected chi connectivity index (χ2v) is 5.12. The Morgan fingerprint density at radius 3 is 2.74 bits per heavy atom. The van der Waals surface area contributed by atoms with E-state index in [1.54, 1.807) is 18.2 Å². The number of hydrogen-bond acceptors (Lipinski definition) is 3. The Bertz CT molecular complexity index is 448. The molecule has 1 fully saturated rings. The van der Waals surface area contributed by atoms with E-state index in [1.807, 2.05) is 11.0 Å². The number of benzene rings is 1. The summed E-state index contributed by atoms with van der Waals surface area (Å²) >= 11 is 0. The number of piperazine rings is 1.